The van der Waals surface area contributed by atoms with Crippen molar-refractivity contribution in [2.24, 2.45) is 11.8 Å². The number of methoxy groups -OCH3 is 1. The quantitative estimate of drug-likeness (QED) is 0.687. The first kappa shape index (κ1) is 20.4. The van der Waals surface area contributed by atoms with Crippen LogP contribution in [0.15, 0.2) is 54.6 Å². The number of hydrogen-bond acceptors (Lipinski definition) is 3. The molecule has 0 saturated carbocycles. The number of likely N-dealkylation sites (tertiary alicyclic amines) is 2. The van der Waals surface area contributed by atoms with Gasteiger partial charge in [-0.2, -0.15) is 0 Å². The van der Waals surface area contributed by atoms with E-state index in [4.69, 9.17) is 16.3 Å². The number of halogens is 1. The minimum Gasteiger partial charge on any atom is -0.383 e. The topological polar surface area (TPSA) is 32.8 Å². The van der Waals surface area contributed by atoms with Gasteiger partial charge in [-0.1, -0.05) is 60.1 Å². The standard InChI is InChI=1S/C24H29ClN2O2/c1-29-14-13-26-15-20-16-27(23(28)12-11-18-7-5-6-10-22(18)25)24(21(20)17-26)19-8-3-2-4-9-19/h2-10,20-21,24H,11-17H2,1H3/t20-,21-,24+/m0/s1. The summed E-state index contributed by atoms with van der Waals surface area (Å²) in [6.45, 7) is 4.64. The molecule has 4 rings (SSSR count). The molecule has 0 bridgehead atoms. The molecule has 1 amide bonds. The van der Waals surface area contributed by atoms with E-state index in [0.717, 1.165) is 43.4 Å². The van der Waals surface area contributed by atoms with Crippen LogP contribution in [0.2, 0.25) is 5.02 Å². The molecule has 2 aliphatic heterocycles. The zero-order valence-electron chi connectivity index (χ0n) is 17.0. The minimum atomic E-state index is 0.160. The highest BCUT2D eigenvalue weighted by Gasteiger charge is 2.48. The molecule has 0 radical (unpaired) electrons. The van der Waals surface area contributed by atoms with Crippen LogP contribution in [0.5, 0.6) is 0 Å². The van der Waals surface area contributed by atoms with Gasteiger partial charge in [-0.15, -0.1) is 0 Å². The van der Waals surface area contributed by atoms with Gasteiger partial charge in [-0.05, 0) is 29.5 Å². The summed E-state index contributed by atoms with van der Waals surface area (Å²) in [5.74, 6) is 1.25. The molecule has 4 nitrogen and oxygen atoms in total. The summed E-state index contributed by atoms with van der Waals surface area (Å²) < 4.78 is 5.26. The van der Waals surface area contributed by atoms with Gasteiger partial charge in [-0.3, -0.25) is 4.79 Å². The molecule has 0 aliphatic carbocycles. The number of fused-ring (bicyclic) bond motifs is 1. The lowest BCUT2D eigenvalue weighted by atomic mass is 9.89. The molecule has 0 unspecified atom stereocenters. The maximum Gasteiger partial charge on any atom is 0.223 e. The third kappa shape index (κ3) is 4.50. The lowest BCUT2D eigenvalue weighted by Crippen LogP contribution is -2.36. The van der Waals surface area contributed by atoms with Crippen molar-refractivity contribution in [1.29, 1.82) is 0 Å². The van der Waals surface area contributed by atoms with Gasteiger partial charge in [0.2, 0.25) is 5.91 Å². The van der Waals surface area contributed by atoms with Crippen molar-refractivity contribution in [3.8, 4) is 0 Å². The van der Waals surface area contributed by atoms with E-state index in [1.54, 1.807) is 7.11 Å². The summed E-state index contributed by atoms with van der Waals surface area (Å²) in [5, 5.41) is 0.743. The van der Waals surface area contributed by atoms with Crippen molar-refractivity contribution in [3.63, 3.8) is 0 Å². The van der Waals surface area contributed by atoms with Crippen molar-refractivity contribution in [2.75, 3.05) is 39.9 Å². The summed E-state index contributed by atoms with van der Waals surface area (Å²) in [6.07, 6.45) is 1.19. The number of ether oxygens (including phenoxy) is 1. The number of carbonyl (C=O) groups is 1. The Kier molecular flexibility index (Phi) is 6.53. The summed E-state index contributed by atoms with van der Waals surface area (Å²) >= 11 is 6.29. The maximum absolute atomic E-state index is 13.2. The van der Waals surface area contributed by atoms with Gasteiger partial charge < -0.3 is 14.5 Å². The molecule has 2 aromatic carbocycles. The number of hydrogen-bond donors (Lipinski definition) is 0. The Bertz CT molecular complexity index is 829. The first-order valence-corrected chi connectivity index (χ1v) is 10.8. The molecule has 2 saturated heterocycles. The zero-order chi connectivity index (χ0) is 20.2. The molecule has 0 aromatic heterocycles. The van der Waals surface area contributed by atoms with Crippen LogP contribution in [0, 0.1) is 11.8 Å². The lowest BCUT2D eigenvalue weighted by molar-refractivity contribution is -0.132. The van der Waals surface area contributed by atoms with Gasteiger partial charge >= 0.3 is 0 Å². The SMILES string of the molecule is COCCN1C[C@H]2CN(C(=O)CCc3ccccc3Cl)[C@H](c3ccccc3)[C@H]2C1. The van der Waals surface area contributed by atoms with Crippen molar-refractivity contribution in [3.05, 3.63) is 70.7 Å². The van der Waals surface area contributed by atoms with Gasteiger partial charge in [-0.25, -0.2) is 0 Å². The van der Waals surface area contributed by atoms with E-state index in [2.05, 4.69) is 34.1 Å². The van der Waals surface area contributed by atoms with Crippen LogP contribution in [-0.4, -0.2) is 55.6 Å². The Hall–Kier alpha value is -1.88. The van der Waals surface area contributed by atoms with Crippen LogP contribution in [0.1, 0.15) is 23.6 Å². The number of nitrogens with zero attached hydrogens (tertiary/aromatic N) is 2. The Morgan fingerprint density at radius 3 is 2.59 bits per heavy atom. The highest BCUT2D eigenvalue weighted by molar-refractivity contribution is 6.31. The van der Waals surface area contributed by atoms with E-state index in [0.29, 0.717) is 24.7 Å². The Labute approximate surface area is 178 Å². The van der Waals surface area contributed by atoms with Crippen LogP contribution in [0.3, 0.4) is 0 Å². The molecular weight excluding hydrogens is 384 g/mol. The summed E-state index contributed by atoms with van der Waals surface area (Å²) in [6, 6.07) is 18.5. The number of rotatable bonds is 7. The van der Waals surface area contributed by atoms with Gasteiger partial charge in [0.1, 0.15) is 0 Å². The number of benzene rings is 2. The van der Waals surface area contributed by atoms with E-state index >= 15 is 0 Å². The van der Waals surface area contributed by atoms with E-state index in [1.165, 1.54) is 5.56 Å². The normalized spacial score (nSPS) is 24.1. The number of carbonyl (C=O) groups excluding carboxylic acids is 1. The van der Waals surface area contributed by atoms with Crippen LogP contribution < -0.4 is 0 Å². The predicted molar refractivity (Wildman–Crippen MR) is 116 cm³/mol. The van der Waals surface area contributed by atoms with E-state index in [1.807, 2.05) is 30.3 Å². The molecule has 2 heterocycles. The van der Waals surface area contributed by atoms with Crippen LogP contribution in [0.4, 0.5) is 0 Å². The molecule has 2 aromatic rings. The number of amides is 1. The van der Waals surface area contributed by atoms with Crippen LogP contribution >= 0.6 is 11.6 Å². The van der Waals surface area contributed by atoms with Crippen molar-refractivity contribution in [1.82, 2.24) is 9.80 Å². The number of aryl methyl sites for hydroxylation is 1. The van der Waals surface area contributed by atoms with Gasteiger partial charge in [0.05, 0.1) is 12.6 Å². The van der Waals surface area contributed by atoms with Gasteiger partial charge in [0.15, 0.2) is 0 Å². The third-order valence-corrected chi connectivity index (χ3v) is 6.75. The minimum absolute atomic E-state index is 0.160. The van der Waals surface area contributed by atoms with E-state index < -0.39 is 0 Å². The molecule has 2 fully saturated rings. The average molecular weight is 413 g/mol. The Morgan fingerprint density at radius 1 is 1.07 bits per heavy atom. The van der Waals surface area contributed by atoms with Crippen molar-refractivity contribution in [2.45, 2.75) is 18.9 Å². The summed E-state index contributed by atoms with van der Waals surface area (Å²) in [5.41, 5.74) is 2.29. The first-order chi connectivity index (χ1) is 14.2. The van der Waals surface area contributed by atoms with E-state index in [-0.39, 0.29) is 11.9 Å². The summed E-state index contributed by atoms with van der Waals surface area (Å²) in [7, 11) is 1.75. The fraction of sp³-hybridized carbons (Fsp3) is 0.458. The van der Waals surface area contributed by atoms with Gasteiger partial charge in [0.25, 0.3) is 0 Å². The second kappa shape index (κ2) is 9.29. The summed E-state index contributed by atoms with van der Waals surface area (Å²) in [4.78, 5) is 17.9. The third-order valence-electron chi connectivity index (χ3n) is 6.38. The Morgan fingerprint density at radius 2 is 1.83 bits per heavy atom. The highest BCUT2D eigenvalue weighted by Crippen LogP contribution is 2.45. The molecule has 0 N–H and O–H groups in total. The molecule has 5 heteroatoms. The second-order valence-electron chi connectivity index (χ2n) is 8.17. The fourth-order valence-corrected chi connectivity index (χ4v) is 5.19. The second-order valence-corrected chi connectivity index (χ2v) is 8.58. The molecule has 2 aliphatic rings. The smallest absolute Gasteiger partial charge is 0.223 e. The lowest BCUT2D eigenvalue weighted by Gasteiger charge is -2.30. The zero-order valence-corrected chi connectivity index (χ0v) is 17.7. The van der Waals surface area contributed by atoms with Crippen LogP contribution in [0.25, 0.3) is 0 Å². The molecule has 0 spiro atoms. The first-order valence-electron chi connectivity index (χ1n) is 10.5. The van der Waals surface area contributed by atoms with E-state index in [9.17, 15) is 4.79 Å². The van der Waals surface area contributed by atoms with Crippen LogP contribution in [-0.2, 0) is 16.0 Å². The molecule has 154 valence electrons. The molecule has 29 heavy (non-hydrogen) atoms. The van der Waals surface area contributed by atoms with Crippen molar-refractivity contribution >= 4 is 17.5 Å². The van der Waals surface area contributed by atoms with Gasteiger partial charge in [0, 0.05) is 50.7 Å². The molecular formula is C24H29ClN2O2. The predicted octanol–water partition coefficient (Wildman–Crippen LogP) is 4.05. The van der Waals surface area contributed by atoms with Crippen molar-refractivity contribution < 1.29 is 9.53 Å². The monoisotopic (exact) mass is 412 g/mol. The highest BCUT2D eigenvalue weighted by atomic mass is 35.5. The maximum atomic E-state index is 13.2. The largest absolute Gasteiger partial charge is 0.383 e. The fourth-order valence-electron chi connectivity index (χ4n) is 4.96. The average Bonchev–Trinajstić information content (AvgIpc) is 3.29. The molecule has 3 atom stereocenters. The Balaban J connectivity index is 1.49.